The Labute approximate surface area is 164 Å². The van der Waals surface area contributed by atoms with Crippen molar-refractivity contribution in [1.82, 2.24) is 0 Å². The Kier molecular flexibility index (Phi) is 4.72. The Hall–Kier alpha value is -3.00. The smallest absolute Gasteiger partial charge is 0.307 e. The van der Waals surface area contributed by atoms with Gasteiger partial charge >= 0.3 is 5.97 Å². The molecule has 4 rings (SSSR count). The number of carbonyl (C=O) groups excluding carboxylic acids is 2. The molecule has 144 valence electrons. The highest BCUT2D eigenvalue weighted by molar-refractivity contribution is 7.14. The molecule has 3 N–H and O–H groups in total. The molecule has 2 amide bonds. The minimum Gasteiger partial charge on any atom is -0.481 e. The van der Waals surface area contributed by atoms with E-state index in [0.29, 0.717) is 11.4 Å². The summed E-state index contributed by atoms with van der Waals surface area (Å²) in [7, 11) is 0. The minimum atomic E-state index is -0.985. The number of rotatable bonds is 5. The van der Waals surface area contributed by atoms with Crippen molar-refractivity contribution in [3.8, 4) is 0 Å². The quantitative estimate of drug-likeness (QED) is 0.668. The van der Waals surface area contributed by atoms with Gasteiger partial charge in [0.15, 0.2) is 0 Å². The predicted molar refractivity (Wildman–Crippen MR) is 103 cm³/mol. The molecule has 1 aromatic carbocycles. The number of halogens is 1. The maximum atomic E-state index is 13.8. The van der Waals surface area contributed by atoms with E-state index in [2.05, 4.69) is 10.6 Å². The van der Waals surface area contributed by atoms with Gasteiger partial charge in [0.25, 0.3) is 5.91 Å². The summed E-state index contributed by atoms with van der Waals surface area (Å²) in [5, 5.41) is 16.7. The van der Waals surface area contributed by atoms with Crippen LogP contribution < -0.4 is 10.6 Å². The van der Waals surface area contributed by atoms with E-state index in [9.17, 15) is 23.9 Å². The molecule has 8 heteroatoms. The van der Waals surface area contributed by atoms with E-state index in [4.69, 9.17) is 0 Å². The molecule has 0 radical (unpaired) electrons. The first kappa shape index (κ1) is 18.4. The lowest BCUT2D eigenvalue weighted by atomic mass is 9.82. The summed E-state index contributed by atoms with van der Waals surface area (Å²) in [6, 6.07) is 7.33. The van der Waals surface area contributed by atoms with E-state index >= 15 is 0 Å². The van der Waals surface area contributed by atoms with Crippen LogP contribution in [0.3, 0.4) is 0 Å². The standard InChI is InChI=1S/C20H17FN2O4S/c21-13-3-1-2-4-14(13)22-17(24)12-7-8-28-19(12)23-18(25)15-10-5-6-11(9-10)16(15)20(26)27/h1-8,10-11,15-16H,9H2,(H,22,24)(H,23,25)(H,26,27)/t10-,11-,15-,16+/m0/s1. The molecule has 1 fully saturated rings. The molecule has 2 bridgehead atoms. The van der Waals surface area contributed by atoms with Gasteiger partial charge in [-0.05, 0) is 41.8 Å². The van der Waals surface area contributed by atoms with Gasteiger partial charge in [-0.3, -0.25) is 14.4 Å². The first-order valence-electron chi connectivity index (χ1n) is 8.81. The highest BCUT2D eigenvalue weighted by Crippen LogP contribution is 2.48. The number of anilines is 2. The Balaban J connectivity index is 1.51. The normalized spacial score (nSPS) is 24.9. The molecule has 2 aliphatic carbocycles. The number of carboxylic acids is 1. The van der Waals surface area contributed by atoms with Gasteiger partial charge in [-0.25, -0.2) is 4.39 Å². The van der Waals surface area contributed by atoms with E-state index in [0.717, 1.165) is 11.3 Å². The second kappa shape index (κ2) is 7.20. The zero-order valence-corrected chi connectivity index (χ0v) is 15.4. The van der Waals surface area contributed by atoms with Crippen molar-refractivity contribution < 1.29 is 23.9 Å². The van der Waals surface area contributed by atoms with Gasteiger partial charge in [0.1, 0.15) is 10.8 Å². The number of aliphatic carboxylic acids is 1. The fourth-order valence-electron chi connectivity index (χ4n) is 4.05. The van der Waals surface area contributed by atoms with Crippen molar-refractivity contribution in [1.29, 1.82) is 0 Å². The van der Waals surface area contributed by atoms with Crippen LogP contribution in [0.1, 0.15) is 16.8 Å². The van der Waals surface area contributed by atoms with Crippen LogP contribution in [0.2, 0.25) is 0 Å². The molecule has 0 unspecified atom stereocenters. The molecule has 0 spiro atoms. The summed E-state index contributed by atoms with van der Waals surface area (Å²) in [6.45, 7) is 0. The third-order valence-corrected chi connectivity index (χ3v) is 6.15. The van der Waals surface area contributed by atoms with Crippen molar-refractivity contribution in [3.63, 3.8) is 0 Å². The largest absolute Gasteiger partial charge is 0.481 e. The molecular weight excluding hydrogens is 383 g/mol. The Bertz CT molecular complexity index is 986. The van der Waals surface area contributed by atoms with Crippen LogP contribution in [0.4, 0.5) is 15.1 Å². The molecule has 6 nitrogen and oxygen atoms in total. The van der Waals surface area contributed by atoms with Crippen LogP contribution in [0, 0.1) is 29.5 Å². The first-order chi connectivity index (χ1) is 13.5. The van der Waals surface area contributed by atoms with E-state index in [1.165, 1.54) is 24.3 Å². The number of amides is 2. The molecule has 1 aromatic heterocycles. The number of carbonyl (C=O) groups is 3. The van der Waals surface area contributed by atoms with Crippen molar-refractivity contribution in [2.24, 2.45) is 23.7 Å². The van der Waals surface area contributed by atoms with Crippen LogP contribution >= 0.6 is 11.3 Å². The van der Waals surface area contributed by atoms with E-state index < -0.39 is 35.4 Å². The molecule has 28 heavy (non-hydrogen) atoms. The monoisotopic (exact) mass is 400 g/mol. The molecule has 0 saturated heterocycles. The summed E-state index contributed by atoms with van der Waals surface area (Å²) >= 11 is 1.16. The molecule has 2 aliphatic rings. The minimum absolute atomic E-state index is 0.0418. The molecule has 2 aromatic rings. The second-order valence-electron chi connectivity index (χ2n) is 6.92. The average molecular weight is 400 g/mol. The van der Waals surface area contributed by atoms with E-state index in [1.807, 2.05) is 12.2 Å². The third-order valence-electron chi connectivity index (χ3n) is 5.32. The zero-order chi connectivity index (χ0) is 19.8. The summed E-state index contributed by atoms with van der Waals surface area (Å²) < 4.78 is 13.8. The van der Waals surface area contributed by atoms with Crippen LogP contribution in [0.5, 0.6) is 0 Å². The van der Waals surface area contributed by atoms with Crippen LogP contribution in [0.15, 0.2) is 47.9 Å². The van der Waals surface area contributed by atoms with Crippen LogP contribution in [-0.4, -0.2) is 22.9 Å². The maximum Gasteiger partial charge on any atom is 0.307 e. The Morgan fingerprint density at radius 1 is 1.04 bits per heavy atom. The molecule has 0 aliphatic heterocycles. The van der Waals surface area contributed by atoms with Gasteiger partial charge in [0.2, 0.25) is 5.91 Å². The van der Waals surface area contributed by atoms with Crippen molar-refractivity contribution in [2.45, 2.75) is 6.42 Å². The number of fused-ring (bicyclic) bond motifs is 2. The third kappa shape index (κ3) is 3.20. The van der Waals surface area contributed by atoms with E-state index in [-0.39, 0.29) is 23.1 Å². The SMILES string of the molecule is O=C(Nc1ccccc1F)c1ccsc1NC(=O)[C@@H]1[C@H](C(=O)O)[C@H]2C=C[C@H]1C2. The highest BCUT2D eigenvalue weighted by atomic mass is 32.1. The number of thiophene rings is 1. The average Bonchev–Trinajstić information content (AvgIpc) is 3.38. The lowest BCUT2D eigenvalue weighted by Crippen LogP contribution is -2.36. The van der Waals surface area contributed by atoms with Gasteiger partial charge < -0.3 is 15.7 Å². The number of para-hydroxylation sites is 1. The first-order valence-corrected chi connectivity index (χ1v) is 9.69. The number of hydrogen-bond acceptors (Lipinski definition) is 4. The molecule has 4 atom stereocenters. The fourth-order valence-corrected chi connectivity index (χ4v) is 4.84. The number of nitrogens with one attached hydrogen (secondary N) is 2. The predicted octanol–water partition coefficient (Wildman–Crippen LogP) is 3.60. The maximum absolute atomic E-state index is 13.8. The van der Waals surface area contributed by atoms with E-state index in [1.54, 1.807) is 11.4 Å². The summed E-state index contributed by atoms with van der Waals surface area (Å²) in [4.78, 5) is 36.9. The van der Waals surface area contributed by atoms with Crippen molar-refractivity contribution >= 4 is 39.8 Å². The van der Waals surface area contributed by atoms with Gasteiger partial charge in [-0.15, -0.1) is 11.3 Å². The summed E-state index contributed by atoms with van der Waals surface area (Å²) in [5.74, 6) is -4.18. The van der Waals surface area contributed by atoms with Crippen LogP contribution in [-0.2, 0) is 9.59 Å². The van der Waals surface area contributed by atoms with Crippen molar-refractivity contribution in [2.75, 3.05) is 10.6 Å². The van der Waals surface area contributed by atoms with Crippen molar-refractivity contribution in [3.05, 3.63) is 59.2 Å². The van der Waals surface area contributed by atoms with Gasteiger partial charge in [-0.2, -0.15) is 0 Å². The topological polar surface area (TPSA) is 95.5 Å². The summed E-state index contributed by atoms with van der Waals surface area (Å²) in [6.07, 6.45) is 4.42. The molecule has 1 heterocycles. The molecule has 1 saturated carbocycles. The number of allylic oxidation sites excluding steroid dienone is 2. The fraction of sp³-hybridized carbons (Fsp3) is 0.250. The number of carboxylic acid groups (broad SMARTS) is 1. The van der Waals surface area contributed by atoms with Gasteiger partial charge in [-0.1, -0.05) is 24.3 Å². The number of hydrogen-bond donors (Lipinski definition) is 3. The lowest BCUT2D eigenvalue weighted by Gasteiger charge is -2.23. The highest BCUT2D eigenvalue weighted by Gasteiger charge is 2.51. The lowest BCUT2D eigenvalue weighted by molar-refractivity contribution is -0.146. The Morgan fingerprint density at radius 2 is 1.75 bits per heavy atom. The second-order valence-corrected chi connectivity index (χ2v) is 7.84. The Morgan fingerprint density at radius 3 is 2.46 bits per heavy atom. The van der Waals surface area contributed by atoms with Crippen LogP contribution in [0.25, 0.3) is 0 Å². The molecular formula is C20H17FN2O4S. The zero-order valence-electron chi connectivity index (χ0n) is 14.6. The number of benzene rings is 1. The summed E-state index contributed by atoms with van der Waals surface area (Å²) in [5.41, 5.74) is 0.243. The van der Waals surface area contributed by atoms with Gasteiger partial charge in [0, 0.05) is 0 Å². The van der Waals surface area contributed by atoms with Gasteiger partial charge in [0.05, 0.1) is 23.1 Å².